The van der Waals surface area contributed by atoms with Crippen LogP contribution in [-0.4, -0.2) is 0 Å². The number of halogens is 1. The smallest absolute Gasteiger partial charge is 0.0392 e. The highest BCUT2D eigenvalue weighted by Crippen LogP contribution is 2.11. The van der Waals surface area contributed by atoms with Gasteiger partial charge in [-0.15, -0.1) is 0 Å². The Hall–Kier alpha value is -0.490. The molecule has 0 aromatic heterocycles. The van der Waals surface area contributed by atoms with Gasteiger partial charge in [0.05, 0.1) is 0 Å². The van der Waals surface area contributed by atoms with Gasteiger partial charge in [-0.3, -0.25) is 0 Å². The fraction of sp³-hybridized carbons (Fsp3) is 0.400. The van der Waals surface area contributed by atoms with Crippen molar-refractivity contribution in [1.82, 2.24) is 0 Å². The van der Waals surface area contributed by atoms with Gasteiger partial charge in [-0.25, -0.2) is 0 Å². The van der Waals surface area contributed by atoms with Crippen LogP contribution in [0.2, 0.25) is 0 Å². The first-order valence-corrected chi connectivity index (χ1v) is 4.14. The summed E-state index contributed by atoms with van der Waals surface area (Å²) in [5, 5.41) is 0.805. The van der Waals surface area contributed by atoms with Crippen LogP contribution in [0.5, 0.6) is 0 Å². The fourth-order valence-corrected chi connectivity index (χ4v) is 0.539. The minimum absolute atomic E-state index is 0.805. The quantitative estimate of drug-likeness (QED) is 0.561. The Morgan fingerprint density at radius 2 is 1.91 bits per heavy atom. The van der Waals surface area contributed by atoms with E-state index in [2.05, 4.69) is 13.5 Å². The van der Waals surface area contributed by atoms with E-state index in [1.165, 1.54) is 0 Å². The van der Waals surface area contributed by atoms with E-state index in [1.54, 1.807) is 0 Å². The number of hydrogen-bond acceptors (Lipinski definition) is 0. The third-order valence-corrected chi connectivity index (χ3v) is 1.90. The van der Waals surface area contributed by atoms with Crippen LogP contribution in [0.3, 0.4) is 0 Å². The van der Waals surface area contributed by atoms with Crippen molar-refractivity contribution in [2.75, 3.05) is 0 Å². The Morgan fingerprint density at radius 3 is 2.27 bits per heavy atom. The lowest BCUT2D eigenvalue weighted by Gasteiger charge is -1.93. The maximum atomic E-state index is 5.87. The SMILES string of the molecule is C=C(/C=C\C(Cl)=C(C)C)CC. The summed E-state index contributed by atoms with van der Waals surface area (Å²) in [7, 11) is 0. The molecule has 11 heavy (non-hydrogen) atoms. The second kappa shape index (κ2) is 5.20. The molecule has 0 aromatic carbocycles. The highest BCUT2D eigenvalue weighted by Gasteiger charge is 1.87. The molecule has 0 atom stereocenters. The molecule has 0 aliphatic carbocycles. The average Bonchev–Trinajstić information content (AvgIpc) is 1.99. The molecule has 0 nitrogen and oxygen atoms in total. The van der Waals surface area contributed by atoms with Crippen molar-refractivity contribution in [3.63, 3.8) is 0 Å². The molecule has 0 saturated carbocycles. The maximum Gasteiger partial charge on any atom is 0.0392 e. The summed E-state index contributed by atoms with van der Waals surface area (Å²) in [4.78, 5) is 0. The Labute approximate surface area is 74.3 Å². The predicted molar refractivity (Wildman–Crippen MR) is 52.8 cm³/mol. The Balaban J connectivity index is 4.15. The lowest BCUT2D eigenvalue weighted by Crippen LogP contribution is -1.72. The van der Waals surface area contributed by atoms with Crippen LogP contribution in [0.1, 0.15) is 27.2 Å². The van der Waals surface area contributed by atoms with Gasteiger partial charge in [-0.1, -0.05) is 42.3 Å². The molecule has 1 heteroatoms. The lowest BCUT2D eigenvalue weighted by atomic mass is 10.2. The summed E-state index contributed by atoms with van der Waals surface area (Å²) in [6, 6.07) is 0. The van der Waals surface area contributed by atoms with Crippen molar-refractivity contribution in [3.05, 3.63) is 34.9 Å². The summed E-state index contributed by atoms with van der Waals surface area (Å²) in [5.41, 5.74) is 2.23. The molecule has 0 heterocycles. The van der Waals surface area contributed by atoms with Crippen molar-refractivity contribution in [2.45, 2.75) is 27.2 Å². The molecule has 0 aromatic rings. The average molecular weight is 171 g/mol. The first-order valence-electron chi connectivity index (χ1n) is 3.76. The third-order valence-electron chi connectivity index (χ3n) is 1.40. The predicted octanol–water partition coefficient (Wildman–Crippen LogP) is 4.04. The van der Waals surface area contributed by atoms with Gasteiger partial charge in [-0.05, 0) is 26.3 Å². The molecule has 0 spiro atoms. The second-order valence-corrected chi connectivity index (χ2v) is 3.10. The van der Waals surface area contributed by atoms with E-state index < -0.39 is 0 Å². The van der Waals surface area contributed by atoms with Gasteiger partial charge in [0.15, 0.2) is 0 Å². The molecule has 62 valence electrons. The Morgan fingerprint density at radius 1 is 1.36 bits per heavy atom. The van der Waals surface area contributed by atoms with Gasteiger partial charge in [-0.2, -0.15) is 0 Å². The topological polar surface area (TPSA) is 0 Å². The molecule has 0 bridgehead atoms. The summed E-state index contributed by atoms with van der Waals surface area (Å²) in [6.07, 6.45) is 4.82. The highest BCUT2D eigenvalue weighted by atomic mass is 35.5. The van der Waals surface area contributed by atoms with Crippen LogP contribution in [0, 0.1) is 0 Å². The van der Waals surface area contributed by atoms with Crippen LogP contribution < -0.4 is 0 Å². The molecule has 0 saturated heterocycles. The first-order chi connectivity index (χ1) is 5.07. The van der Waals surface area contributed by atoms with E-state index in [9.17, 15) is 0 Å². The number of hydrogen-bond donors (Lipinski definition) is 0. The summed E-state index contributed by atoms with van der Waals surface area (Å²) >= 11 is 5.87. The van der Waals surface area contributed by atoms with Gasteiger partial charge in [0, 0.05) is 5.03 Å². The zero-order valence-corrected chi connectivity index (χ0v) is 8.20. The molecule has 0 amide bonds. The summed E-state index contributed by atoms with van der Waals surface area (Å²) in [6.45, 7) is 9.88. The third kappa shape index (κ3) is 4.86. The van der Waals surface area contributed by atoms with E-state index in [0.717, 1.165) is 22.6 Å². The van der Waals surface area contributed by atoms with E-state index in [4.69, 9.17) is 11.6 Å². The van der Waals surface area contributed by atoms with E-state index >= 15 is 0 Å². The molecular formula is C10H15Cl. The fourth-order valence-electron chi connectivity index (χ4n) is 0.476. The van der Waals surface area contributed by atoms with Gasteiger partial charge in [0.2, 0.25) is 0 Å². The molecule has 0 N–H and O–H groups in total. The van der Waals surface area contributed by atoms with E-state index in [-0.39, 0.29) is 0 Å². The van der Waals surface area contributed by atoms with Crippen molar-refractivity contribution in [2.24, 2.45) is 0 Å². The molecule has 0 rings (SSSR count). The Kier molecular flexibility index (Phi) is 4.97. The maximum absolute atomic E-state index is 5.87. The van der Waals surface area contributed by atoms with Crippen LogP contribution in [-0.2, 0) is 0 Å². The molecule has 0 aliphatic heterocycles. The largest absolute Gasteiger partial charge is 0.0958 e. The normalized spacial score (nSPS) is 10.2. The minimum Gasteiger partial charge on any atom is -0.0958 e. The minimum atomic E-state index is 0.805. The standard InChI is InChI=1S/C10H15Cl/c1-5-9(4)6-7-10(11)8(2)3/h6-7H,4-5H2,1-3H3/b7-6-. The Bertz CT molecular complexity index is 193. The molecule has 0 unspecified atom stereocenters. The zero-order chi connectivity index (χ0) is 8.85. The van der Waals surface area contributed by atoms with Crippen molar-refractivity contribution >= 4 is 11.6 Å². The van der Waals surface area contributed by atoms with Gasteiger partial charge in [0.1, 0.15) is 0 Å². The number of allylic oxidation sites excluding steroid dienone is 5. The number of rotatable bonds is 3. The molecule has 0 aliphatic rings. The van der Waals surface area contributed by atoms with Gasteiger partial charge in [0.25, 0.3) is 0 Å². The first kappa shape index (κ1) is 10.5. The van der Waals surface area contributed by atoms with Gasteiger partial charge < -0.3 is 0 Å². The molecule has 0 radical (unpaired) electrons. The van der Waals surface area contributed by atoms with Crippen LogP contribution >= 0.6 is 11.6 Å². The van der Waals surface area contributed by atoms with Crippen LogP contribution in [0.25, 0.3) is 0 Å². The van der Waals surface area contributed by atoms with Crippen molar-refractivity contribution in [3.8, 4) is 0 Å². The van der Waals surface area contributed by atoms with E-state index in [1.807, 2.05) is 26.0 Å². The zero-order valence-electron chi connectivity index (χ0n) is 7.45. The van der Waals surface area contributed by atoms with Crippen molar-refractivity contribution < 1.29 is 0 Å². The summed E-state index contributed by atoms with van der Waals surface area (Å²) < 4.78 is 0. The van der Waals surface area contributed by atoms with Crippen molar-refractivity contribution in [1.29, 1.82) is 0 Å². The lowest BCUT2D eigenvalue weighted by molar-refractivity contribution is 1.16. The van der Waals surface area contributed by atoms with Crippen LogP contribution in [0.15, 0.2) is 34.9 Å². The second-order valence-electron chi connectivity index (χ2n) is 2.69. The molecule has 0 fully saturated rings. The van der Waals surface area contributed by atoms with Gasteiger partial charge >= 0.3 is 0 Å². The highest BCUT2D eigenvalue weighted by molar-refractivity contribution is 6.31. The molecular weight excluding hydrogens is 156 g/mol. The van der Waals surface area contributed by atoms with Crippen LogP contribution in [0.4, 0.5) is 0 Å². The van der Waals surface area contributed by atoms with E-state index in [0.29, 0.717) is 0 Å². The monoisotopic (exact) mass is 170 g/mol. The summed E-state index contributed by atoms with van der Waals surface area (Å²) in [5.74, 6) is 0.